The van der Waals surface area contributed by atoms with Crippen LogP contribution in [0.15, 0.2) is 40.7 Å². The van der Waals surface area contributed by atoms with Crippen LogP contribution in [0.3, 0.4) is 0 Å². The molecule has 1 aliphatic rings. The Kier molecular flexibility index (Phi) is 7.42. The highest BCUT2D eigenvalue weighted by Crippen LogP contribution is 2.19. The number of aromatic nitrogens is 1. The molecule has 3 rings (SSSR count). The fraction of sp³-hybridized carbons (Fsp3) is 0.476. The van der Waals surface area contributed by atoms with Gasteiger partial charge in [-0.3, -0.25) is 9.79 Å². The van der Waals surface area contributed by atoms with Gasteiger partial charge in [-0.15, -0.1) is 11.3 Å². The summed E-state index contributed by atoms with van der Waals surface area (Å²) in [7, 11) is 1.80. The van der Waals surface area contributed by atoms with E-state index in [4.69, 9.17) is 10.7 Å². The number of amides is 1. The van der Waals surface area contributed by atoms with Gasteiger partial charge in [-0.25, -0.2) is 4.98 Å². The number of guanidine groups is 1. The Labute approximate surface area is 170 Å². The lowest BCUT2D eigenvalue weighted by atomic mass is 9.95. The Balaban J connectivity index is 1.48. The van der Waals surface area contributed by atoms with Crippen molar-refractivity contribution >= 4 is 23.2 Å². The summed E-state index contributed by atoms with van der Waals surface area (Å²) in [5.41, 5.74) is 7.75. The summed E-state index contributed by atoms with van der Waals surface area (Å²) in [6.07, 6.45) is 4.53. The van der Waals surface area contributed by atoms with Gasteiger partial charge in [-0.2, -0.15) is 0 Å². The Morgan fingerprint density at radius 3 is 2.93 bits per heavy atom. The van der Waals surface area contributed by atoms with Crippen LogP contribution in [0, 0.1) is 5.92 Å². The van der Waals surface area contributed by atoms with E-state index in [1.54, 1.807) is 18.4 Å². The van der Waals surface area contributed by atoms with Gasteiger partial charge in [0.05, 0.1) is 17.2 Å². The molecule has 0 spiro atoms. The lowest BCUT2D eigenvalue weighted by Crippen LogP contribution is -2.46. The Morgan fingerprint density at radius 2 is 2.18 bits per heavy atom. The number of aliphatic imine (C=N–C) groups is 1. The summed E-state index contributed by atoms with van der Waals surface area (Å²) < 4.78 is 0. The standard InChI is InChI=1S/C21H29N5OS/c1-23-21(26-11-5-8-17(14-26)12-19(22)27)24-13-18-15-28-20(25-18)10-9-16-6-3-2-4-7-16/h2-4,6-7,15,17H,5,8-14H2,1H3,(H2,22,27)(H,23,24). The quantitative estimate of drug-likeness (QED) is 0.554. The van der Waals surface area contributed by atoms with Crippen molar-refractivity contribution in [3.05, 3.63) is 52.0 Å². The number of aryl methyl sites for hydroxylation is 2. The Morgan fingerprint density at radius 1 is 1.36 bits per heavy atom. The number of thiazole rings is 1. The van der Waals surface area contributed by atoms with Crippen molar-refractivity contribution in [3.8, 4) is 0 Å². The van der Waals surface area contributed by atoms with E-state index in [1.165, 1.54) is 5.56 Å². The van der Waals surface area contributed by atoms with Gasteiger partial charge in [0.25, 0.3) is 0 Å². The number of carbonyl (C=O) groups is 1. The maximum Gasteiger partial charge on any atom is 0.217 e. The molecule has 1 aromatic heterocycles. The molecule has 1 aromatic carbocycles. The summed E-state index contributed by atoms with van der Waals surface area (Å²) in [6, 6.07) is 10.5. The summed E-state index contributed by atoms with van der Waals surface area (Å²) in [5.74, 6) is 0.960. The molecule has 28 heavy (non-hydrogen) atoms. The van der Waals surface area contributed by atoms with Crippen LogP contribution in [-0.2, 0) is 24.2 Å². The predicted molar refractivity (Wildman–Crippen MR) is 114 cm³/mol. The van der Waals surface area contributed by atoms with E-state index in [1.807, 2.05) is 6.07 Å². The molecule has 1 atom stereocenters. The number of nitrogens with one attached hydrogen (secondary N) is 1. The van der Waals surface area contributed by atoms with Crippen molar-refractivity contribution in [2.75, 3.05) is 20.1 Å². The first-order valence-corrected chi connectivity index (χ1v) is 10.7. The smallest absolute Gasteiger partial charge is 0.217 e. The van der Waals surface area contributed by atoms with E-state index in [9.17, 15) is 4.79 Å². The average molecular weight is 400 g/mol. The monoisotopic (exact) mass is 399 g/mol. The van der Waals surface area contributed by atoms with Gasteiger partial charge < -0.3 is 16.0 Å². The maximum absolute atomic E-state index is 11.2. The third-order valence-electron chi connectivity index (χ3n) is 5.02. The molecule has 1 saturated heterocycles. The van der Waals surface area contributed by atoms with Crippen LogP contribution in [0.5, 0.6) is 0 Å². The van der Waals surface area contributed by atoms with E-state index in [2.05, 4.69) is 44.9 Å². The van der Waals surface area contributed by atoms with Crippen molar-refractivity contribution in [2.24, 2.45) is 16.6 Å². The maximum atomic E-state index is 11.2. The van der Waals surface area contributed by atoms with Gasteiger partial charge in [-0.05, 0) is 30.7 Å². The molecule has 1 aliphatic heterocycles. The molecule has 1 fully saturated rings. The van der Waals surface area contributed by atoms with Gasteiger partial charge in [-0.1, -0.05) is 30.3 Å². The molecular formula is C21H29N5OS. The van der Waals surface area contributed by atoms with E-state index in [-0.39, 0.29) is 5.91 Å². The molecular weight excluding hydrogens is 370 g/mol. The van der Waals surface area contributed by atoms with Crippen LogP contribution < -0.4 is 11.1 Å². The van der Waals surface area contributed by atoms with Crippen LogP contribution >= 0.6 is 11.3 Å². The van der Waals surface area contributed by atoms with Crippen LogP contribution in [0.2, 0.25) is 0 Å². The van der Waals surface area contributed by atoms with Gasteiger partial charge in [0.15, 0.2) is 5.96 Å². The first-order valence-electron chi connectivity index (χ1n) is 9.85. The number of hydrogen-bond donors (Lipinski definition) is 2. The zero-order valence-electron chi connectivity index (χ0n) is 16.4. The molecule has 0 aliphatic carbocycles. The van der Waals surface area contributed by atoms with Crippen molar-refractivity contribution in [3.63, 3.8) is 0 Å². The van der Waals surface area contributed by atoms with Gasteiger partial charge >= 0.3 is 0 Å². The number of benzene rings is 1. The van der Waals surface area contributed by atoms with Crippen molar-refractivity contribution in [1.29, 1.82) is 0 Å². The molecule has 6 nitrogen and oxygen atoms in total. The summed E-state index contributed by atoms with van der Waals surface area (Å²) >= 11 is 1.71. The highest BCUT2D eigenvalue weighted by atomic mass is 32.1. The number of rotatable bonds is 7. The normalized spacial score (nSPS) is 17.5. The van der Waals surface area contributed by atoms with Gasteiger partial charge in [0.1, 0.15) is 0 Å². The molecule has 2 aromatic rings. The zero-order valence-corrected chi connectivity index (χ0v) is 17.3. The topological polar surface area (TPSA) is 83.6 Å². The molecule has 0 bridgehead atoms. The SMILES string of the molecule is CN=C(NCc1csc(CCc2ccccc2)n1)N1CCCC(CC(N)=O)C1. The van der Waals surface area contributed by atoms with Crippen molar-refractivity contribution in [2.45, 2.75) is 38.6 Å². The lowest BCUT2D eigenvalue weighted by molar-refractivity contribution is -0.119. The van der Waals surface area contributed by atoms with Crippen LogP contribution in [0.4, 0.5) is 0 Å². The number of primary amides is 1. The molecule has 7 heteroatoms. The number of carbonyl (C=O) groups excluding carboxylic acids is 1. The number of nitrogens with zero attached hydrogens (tertiary/aromatic N) is 3. The summed E-state index contributed by atoms with van der Waals surface area (Å²) in [4.78, 5) is 22.6. The third kappa shape index (κ3) is 6.05. The Bertz CT molecular complexity index is 789. The molecule has 3 N–H and O–H groups in total. The summed E-state index contributed by atoms with van der Waals surface area (Å²) in [6.45, 7) is 2.43. The largest absolute Gasteiger partial charge is 0.370 e. The highest BCUT2D eigenvalue weighted by molar-refractivity contribution is 7.09. The molecule has 0 radical (unpaired) electrons. The van der Waals surface area contributed by atoms with E-state index >= 15 is 0 Å². The lowest BCUT2D eigenvalue weighted by Gasteiger charge is -2.34. The minimum absolute atomic E-state index is 0.222. The second kappa shape index (κ2) is 10.2. The van der Waals surface area contributed by atoms with Crippen molar-refractivity contribution in [1.82, 2.24) is 15.2 Å². The molecule has 2 heterocycles. The molecule has 1 amide bonds. The predicted octanol–water partition coefficient (Wildman–Crippen LogP) is 2.59. The minimum Gasteiger partial charge on any atom is -0.370 e. The zero-order chi connectivity index (χ0) is 19.8. The van der Waals surface area contributed by atoms with E-state index in [0.29, 0.717) is 18.9 Å². The van der Waals surface area contributed by atoms with Crippen molar-refractivity contribution < 1.29 is 4.79 Å². The second-order valence-electron chi connectivity index (χ2n) is 7.24. The second-order valence-corrected chi connectivity index (χ2v) is 8.19. The minimum atomic E-state index is -0.222. The van der Waals surface area contributed by atoms with Gasteiger partial charge in [0.2, 0.25) is 5.91 Å². The van der Waals surface area contributed by atoms with E-state index < -0.39 is 0 Å². The van der Waals surface area contributed by atoms with Crippen LogP contribution in [0.1, 0.15) is 35.5 Å². The van der Waals surface area contributed by atoms with Crippen LogP contribution in [-0.4, -0.2) is 41.9 Å². The van der Waals surface area contributed by atoms with Crippen LogP contribution in [0.25, 0.3) is 0 Å². The fourth-order valence-corrected chi connectivity index (χ4v) is 4.45. The molecule has 0 saturated carbocycles. The number of piperidine rings is 1. The molecule has 150 valence electrons. The molecule has 1 unspecified atom stereocenters. The van der Waals surface area contributed by atoms with E-state index in [0.717, 1.165) is 55.4 Å². The first kappa shape index (κ1) is 20.3. The third-order valence-corrected chi connectivity index (χ3v) is 5.97. The summed E-state index contributed by atoms with van der Waals surface area (Å²) in [5, 5.41) is 6.70. The van der Waals surface area contributed by atoms with Gasteiger partial charge in [0, 0.05) is 38.4 Å². The Hall–Kier alpha value is -2.41. The first-order chi connectivity index (χ1) is 13.6. The highest BCUT2D eigenvalue weighted by Gasteiger charge is 2.23. The average Bonchev–Trinajstić information content (AvgIpc) is 3.15. The number of nitrogens with two attached hydrogens (primary N) is 1. The number of hydrogen-bond acceptors (Lipinski definition) is 4. The number of likely N-dealkylation sites (tertiary alicyclic amines) is 1. The fourth-order valence-electron chi connectivity index (χ4n) is 3.65.